The summed E-state index contributed by atoms with van der Waals surface area (Å²) in [6.45, 7) is 8.07. The predicted octanol–water partition coefficient (Wildman–Crippen LogP) is 5.65. The first-order valence-corrected chi connectivity index (χ1v) is 8.04. The normalized spacial score (nSPS) is 12.1. The Bertz CT molecular complexity index is 773. The smallest absolute Gasteiger partial charge is 0.380 e. The third-order valence-electron chi connectivity index (χ3n) is 3.69. The molecule has 25 heavy (non-hydrogen) atoms. The third kappa shape index (κ3) is 5.34. The maximum atomic E-state index is 12.8. The fraction of sp³-hybridized carbons (Fsp3) is 0.350. The lowest BCUT2D eigenvalue weighted by Crippen LogP contribution is -2.26. The first-order valence-electron chi connectivity index (χ1n) is 8.04. The molecule has 0 fully saturated rings. The molecule has 0 saturated carbocycles. The van der Waals surface area contributed by atoms with Crippen LogP contribution in [0.4, 0.5) is 18.9 Å². The van der Waals surface area contributed by atoms with Gasteiger partial charge in [-0.25, -0.2) is 0 Å². The molecule has 134 valence electrons. The molecule has 0 radical (unpaired) electrons. The summed E-state index contributed by atoms with van der Waals surface area (Å²) in [4.78, 5) is 12.4. The fourth-order valence-corrected chi connectivity index (χ4v) is 2.47. The average Bonchev–Trinajstić information content (AvgIpc) is 2.48. The summed E-state index contributed by atoms with van der Waals surface area (Å²) in [6, 6.07) is 10.2. The Morgan fingerprint density at radius 3 is 2.32 bits per heavy atom. The molecule has 0 amide bonds. The number of rotatable bonds is 4. The number of Topliss-reactive ketones (excluding diaryl/α,β-unsaturated/α-hetero) is 1. The maximum absolute atomic E-state index is 12.8. The second-order valence-corrected chi connectivity index (χ2v) is 7.20. The van der Waals surface area contributed by atoms with Crippen molar-refractivity contribution < 1.29 is 18.0 Å². The molecule has 0 aromatic heterocycles. The minimum absolute atomic E-state index is 0.0560. The van der Waals surface area contributed by atoms with Crippen LogP contribution < -0.4 is 5.32 Å². The molecule has 0 heterocycles. The molecular formula is C20H22F3NO. The van der Waals surface area contributed by atoms with Crippen molar-refractivity contribution in [2.75, 3.05) is 5.32 Å². The molecule has 1 N–H and O–H groups in total. The number of hydrogen-bond acceptors (Lipinski definition) is 2. The number of ketones is 1. The molecule has 2 aromatic rings. The van der Waals surface area contributed by atoms with Gasteiger partial charge in [-0.15, -0.1) is 0 Å². The van der Waals surface area contributed by atoms with E-state index in [9.17, 15) is 18.0 Å². The Morgan fingerprint density at radius 1 is 1.04 bits per heavy atom. The number of hydrogen-bond donors (Lipinski definition) is 1. The van der Waals surface area contributed by atoms with Crippen LogP contribution in [0.1, 0.15) is 47.8 Å². The summed E-state index contributed by atoms with van der Waals surface area (Å²) < 4.78 is 38.4. The van der Waals surface area contributed by atoms with E-state index in [4.69, 9.17) is 0 Å². The Morgan fingerprint density at radius 2 is 1.72 bits per heavy atom. The van der Waals surface area contributed by atoms with Crippen molar-refractivity contribution in [3.05, 3.63) is 64.7 Å². The lowest BCUT2D eigenvalue weighted by Gasteiger charge is -2.24. The molecule has 0 unspecified atom stereocenters. The van der Waals surface area contributed by atoms with Crippen LogP contribution in [0.25, 0.3) is 0 Å². The molecule has 5 heteroatoms. The van der Waals surface area contributed by atoms with E-state index in [1.165, 1.54) is 12.1 Å². The van der Waals surface area contributed by atoms with E-state index in [2.05, 4.69) is 5.32 Å². The molecular weight excluding hydrogens is 327 g/mol. The molecule has 0 aliphatic carbocycles. The Kier molecular flexibility index (Phi) is 5.26. The van der Waals surface area contributed by atoms with Crippen molar-refractivity contribution >= 4 is 11.5 Å². The summed E-state index contributed by atoms with van der Waals surface area (Å²) in [7, 11) is 0. The highest BCUT2D eigenvalue weighted by molar-refractivity contribution is 5.97. The van der Waals surface area contributed by atoms with Crippen LogP contribution in [0, 0.1) is 6.92 Å². The summed E-state index contributed by atoms with van der Waals surface area (Å²) in [5, 5.41) is 3.37. The number of carbonyl (C=O) groups excluding carboxylic acids is 1. The Labute approximate surface area is 146 Å². The minimum Gasteiger partial charge on any atom is -0.380 e. The largest absolute Gasteiger partial charge is 0.416 e. The van der Waals surface area contributed by atoms with E-state index in [0.717, 1.165) is 28.9 Å². The number of halogens is 3. The van der Waals surface area contributed by atoms with E-state index in [1.807, 2.05) is 45.9 Å². The van der Waals surface area contributed by atoms with Crippen LogP contribution in [0.15, 0.2) is 42.5 Å². The second-order valence-electron chi connectivity index (χ2n) is 7.20. The highest BCUT2D eigenvalue weighted by atomic mass is 19.4. The standard InChI is InChI=1S/C20H22F3NO/c1-13-8-9-14(10-17(13)24-19(2,3)4)11-18(25)15-6-5-7-16(12-15)20(21,22)23/h5-10,12,24H,11H2,1-4H3. The third-order valence-corrected chi connectivity index (χ3v) is 3.69. The molecule has 0 saturated heterocycles. The van der Waals surface area contributed by atoms with Crippen LogP contribution in [0.2, 0.25) is 0 Å². The number of aryl methyl sites for hydroxylation is 1. The molecule has 2 rings (SSSR count). The van der Waals surface area contributed by atoms with Gasteiger partial charge in [0.1, 0.15) is 0 Å². The van der Waals surface area contributed by atoms with E-state index in [-0.39, 0.29) is 23.3 Å². The topological polar surface area (TPSA) is 29.1 Å². The van der Waals surface area contributed by atoms with Crippen molar-refractivity contribution in [2.45, 2.75) is 45.8 Å². The van der Waals surface area contributed by atoms with Gasteiger partial charge in [0.05, 0.1) is 5.56 Å². The van der Waals surface area contributed by atoms with E-state index >= 15 is 0 Å². The van der Waals surface area contributed by atoms with E-state index < -0.39 is 11.7 Å². The van der Waals surface area contributed by atoms with Crippen LogP contribution in [-0.2, 0) is 12.6 Å². The summed E-state index contributed by atoms with van der Waals surface area (Å²) >= 11 is 0. The lowest BCUT2D eigenvalue weighted by molar-refractivity contribution is -0.137. The monoisotopic (exact) mass is 349 g/mol. The van der Waals surface area contributed by atoms with Gasteiger partial charge in [0, 0.05) is 23.2 Å². The van der Waals surface area contributed by atoms with Gasteiger partial charge >= 0.3 is 6.18 Å². The van der Waals surface area contributed by atoms with Crippen molar-refractivity contribution in [3.8, 4) is 0 Å². The Hall–Kier alpha value is -2.30. The first-order chi connectivity index (χ1) is 11.5. The maximum Gasteiger partial charge on any atom is 0.416 e. The molecule has 2 nitrogen and oxygen atoms in total. The SMILES string of the molecule is Cc1ccc(CC(=O)c2cccc(C(F)(F)F)c2)cc1NC(C)(C)C. The van der Waals surface area contributed by atoms with Gasteiger partial charge in [-0.1, -0.05) is 24.3 Å². The van der Waals surface area contributed by atoms with Crippen molar-refractivity contribution in [1.29, 1.82) is 0 Å². The number of nitrogens with one attached hydrogen (secondary N) is 1. The van der Waals surface area contributed by atoms with E-state index in [0.29, 0.717) is 0 Å². The van der Waals surface area contributed by atoms with Crippen molar-refractivity contribution in [3.63, 3.8) is 0 Å². The second kappa shape index (κ2) is 6.90. The predicted molar refractivity (Wildman–Crippen MR) is 94.0 cm³/mol. The summed E-state index contributed by atoms with van der Waals surface area (Å²) in [6.07, 6.45) is -4.40. The fourth-order valence-electron chi connectivity index (χ4n) is 2.47. The summed E-state index contributed by atoms with van der Waals surface area (Å²) in [5.41, 5.74) is 1.86. The molecule has 0 aliphatic rings. The first kappa shape index (κ1) is 19.0. The molecule has 0 aliphatic heterocycles. The molecule has 0 atom stereocenters. The highest BCUT2D eigenvalue weighted by Crippen LogP contribution is 2.30. The molecule has 0 spiro atoms. The van der Waals surface area contributed by atoms with Crippen LogP contribution >= 0.6 is 0 Å². The molecule has 2 aromatic carbocycles. The van der Waals surface area contributed by atoms with E-state index in [1.54, 1.807) is 0 Å². The van der Waals surface area contributed by atoms with Crippen LogP contribution in [-0.4, -0.2) is 11.3 Å². The van der Waals surface area contributed by atoms with Gasteiger partial charge in [-0.05, 0) is 57.0 Å². The zero-order valence-corrected chi connectivity index (χ0v) is 14.8. The zero-order chi connectivity index (χ0) is 18.8. The van der Waals surface area contributed by atoms with Gasteiger partial charge in [0.15, 0.2) is 5.78 Å². The number of alkyl halides is 3. The van der Waals surface area contributed by atoms with Gasteiger partial charge in [-0.3, -0.25) is 4.79 Å². The van der Waals surface area contributed by atoms with Crippen LogP contribution in [0.3, 0.4) is 0 Å². The Balaban J connectivity index is 2.22. The lowest BCUT2D eigenvalue weighted by atomic mass is 9.99. The van der Waals surface area contributed by atoms with Crippen LogP contribution in [0.5, 0.6) is 0 Å². The van der Waals surface area contributed by atoms with Gasteiger partial charge < -0.3 is 5.32 Å². The van der Waals surface area contributed by atoms with Gasteiger partial charge in [-0.2, -0.15) is 13.2 Å². The van der Waals surface area contributed by atoms with Gasteiger partial charge in [0.2, 0.25) is 0 Å². The number of benzene rings is 2. The molecule has 0 bridgehead atoms. The minimum atomic E-state index is -4.45. The van der Waals surface area contributed by atoms with Gasteiger partial charge in [0.25, 0.3) is 0 Å². The number of carbonyl (C=O) groups is 1. The average molecular weight is 349 g/mol. The number of anilines is 1. The van der Waals surface area contributed by atoms with Crippen molar-refractivity contribution in [2.24, 2.45) is 0 Å². The van der Waals surface area contributed by atoms with Crippen molar-refractivity contribution in [1.82, 2.24) is 0 Å². The zero-order valence-electron chi connectivity index (χ0n) is 14.8. The summed E-state index contributed by atoms with van der Waals surface area (Å²) in [5.74, 6) is -0.336. The highest BCUT2D eigenvalue weighted by Gasteiger charge is 2.30. The quantitative estimate of drug-likeness (QED) is 0.723.